The summed E-state index contributed by atoms with van der Waals surface area (Å²) in [6.07, 6.45) is 0.759. The van der Waals surface area contributed by atoms with Gasteiger partial charge in [0, 0.05) is 15.4 Å². The number of aryl methyl sites for hydroxylation is 1. The number of thiophene rings is 1. The van der Waals surface area contributed by atoms with Crippen LogP contribution in [-0.4, -0.2) is 7.11 Å². The Morgan fingerprint density at radius 2 is 2.05 bits per heavy atom. The summed E-state index contributed by atoms with van der Waals surface area (Å²) in [4.78, 5) is 1.19. The van der Waals surface area contributed by atoms with Gasteiger partial charge in [0.1, 0.15) is 5.75 Å². The van der Waals surface area contributed by atoms with Gasteiger partial charge in [0.05, 0.1) is 10.9 Å². The van der Waals surface area contributed by atoms with E-state index in [1.165, 1.54) is 10.4 Å². The van der Waals surface area contributed by atoms with Gasteiger partial charge in [-0.3, -0.25) is 0 Å². The summed E-state index contributed by atoms with van der Waals surface area (Å²) in [6.45, 7) is 2.08. The molecule has 0 amide bonds. The SMILES string of the molecule is COc1ccc(Br)cc1CC(N)c1cc(C)c(Br)s1. The first-order valence-electron chi connectivity index (χ1n) is 5.85. The molecule has 19 heavy (non-hydrogen) atoms. The highest BCUT2D eigenvalue weighted by molar-refractivity contribution is 9.11. The fourth-order valence-electron chi connectivity index (χ4n) is 1.91. The van der Waals surface area contributed by atoms with Crippen LogP contribution >= 0.6 is 43.2 Å². The van der Waals surface area contributed by atoms with Crippen LogP contribution in [0.4, 0.5) is 0 Å². The molecule has 1 aromatic heterocycles. The minimum atomic E-state index is -0.0156. The number of halogens is 2. The molecular formula is C14H15Br2NOS. The first-order chi connectivity index (χ1) is 9.01. The Hall–Kier alpha value is -0.360. The first kappa shape index (κ1) is 15.0. The van der Waals surface area contributed by atoms with E-state index in [1.807, 2.05) is 12.1 Å². The van der Waals surface area contributed by atoms with E-state index in [1.54, 1.807) is 18.4 Å². The van der Waals surface area contributed by atoms with Crippen molar-refractivity contribution in [2.45, 2.75) is 19.4 Å². The fraction of sp³-hybridized carbons (Fsp3) is 0.286. The average molecular weight is 405 g/mol. The Labute approximate surface area is 134 Å². The molecule has 2 rings (SSSR count). The third kappa shape index (κ3) is 3.60. The Bertz CT molecular complexity index is 563. The molecule has 0 radical (unpaired) electrons. The number of hydrogen-bond donors (Lipinski definition) is 1. The molecule has 0 aliphatic rings. The molecule has 1 unspecified atom stereocenters. The van der Waals surface area contributed by atoms with Crippen LogP contribution in [0.5, 0.6) is 5.75 Å². The number of benzene rings is 1. The van der Waals surface area contributed by atoms with Gasteiger partial charge >= 0.3 is 0 Å². The molecule has 0 aliphatic heterocycles. The molecular weight excluding hydrogens is 390 g/mol. The molecule has 0 saturated heterocycles. The summed E-state index contributed by atoms with van der Waals surface area (Å²) in [7, 11) is 1.68. The number of nitrogens with two attached hydrogens (primary N) is 1. The molecule has 1 aromatic carbocycles. The van der Waals surface area contributed by atoms with E-state index in [4.69, 9.17) is 10.5 Å². The lowest BCUT2D eigenvalue weighted by atomic mass is 10.0. The van der Waals surface area contributed by atoms with Crippen molar-refractivity contribution in [3.05, 3.63) is 48.5 Å². The molecule has 2 N–H and O–H groups in total. The van der Waals surface area contributed by atoms with Gasteiger partial charge in [-0.2, -0.15) is 0 Å². The topological polar surface area (TPSA) is 35.2 Å². The third-order valence-electron chi connectivity index (χ3n) is 2.92. The van der Waals surface area contributed by atoms with Crippen molar-refractivity contribution in [2.75, 3.05) is 7.11 Å². The lowest BCUT2D eigenvalue weighted by molar-refractivity contribution is 0.408. The smallest absolute Gasteiger partial charge is 0.122 e. The van der Waals surface area contributed by atoms with Crippen LogP contribution in [0.1, 0.15) is 22.0 Å². The Morgan fingerprint density at radius 1 is 1.32 bits per heavy atom. The maximum Gasteiger partial charge on any atom is 0.122 e. The largest absolute Gasteiger partial charge is 0.496 e. The Kier molecular flexibility index (Phi) is 5.06. The maximum atomic E-state index is 6.30. The van der Waals surface area contributed by atoms with Crippen molar-refractivity contribution < 1.29 is 4.74 Å². The van der Waals surface area contributed by atoms with E-state index in [9.17, 15) is 0 Å². The highest BCUT2D eigenvalue weighted by Gasteiger charge is 2.14. The summed E-state index contributed by atoms with van der Waals surface area (Å²) in [6, 6.07) is 8.12. The van der Waals surface area contributed by atoms with Crippen molar-refractivity contribution >= 4 is 43.2 Å². The predicted octanol–water partition coefficient (Wildman–Crippen LogP) is 4.83. The van der Waals surface area contributed by atoms with E-state index in [2.05, 4.69) is 50.9 Å². The highest BCUT2D eigenvalue weighted by Crippen LogP contribution is 2.33. The third-order valence-corrected chi connectivity index (χ3v) is 5.69. The van der Waals surface area contributed by atoms with Crippen LogP contribution in [0, 0.1) is 6.92 Å². The minimum absolute atomic E-state index is 0.0156. The number of hydrogen-bond acceptors (Lipinski definition) is 3. The summed E-state index contributed by atoms with van der Waals surface area (Å²) in [5, 5.41) is 0. The van der Waals surface area contributed by atoms with Crippen molar-refractivity contribution in [2.24, 2.45) is 5.73 Å². The van der Waals surface area contributed by atoms with Gasteiger partial charge in [-0.05, 0) is 64.7 Å². The fourth-order valence-corrected chi connectivity index (χ4v) is 3.89. The van der Waals surface area contributed by atoms with E-state index < -0.39 is 0 Å². The zero-order chi connectivity index (χ0) is 14.0. The molecule has 0 bridgehead atoms. The molecule has 0 aliphatic carbocycles. The molecule has 1 heterocycles. The van der Waals surface area contributed by atoms with Crippen molar-refractivity contribution in [1.82, 2.24) is 0 Å². The number of rotatable bonds is 4. The van der Waals surface area contributed by atoms with E-state index in [0.717, 1.165) is 26.0 Å². The molecule has 0 saturated carbocycles. The zero-order valence-corrected chi connectivity index (χ0v) is 14.7. The summed E-state index contributed by atoms with van der Waals surface area (Å²) >= 11 is 8.72. The average Bonchev–Trinajstić information content (AvgIpc) is 2.70. The van der Waals surface area contributed by atoms with Crippen molar-refractivity contribution in [1.29, 1.82) is 0 Å². The monoisotopic (exact) mass is 403 g/mol. The van der Waals surface area contributed by atoms with Gasteiger partial charge in [-0.25, -0.2) is 0 Å². The molecule has 5 heteroatoms. The normalized spacial score (nSPS) is 12.5. The number of methoxy groups -OCH3 is 1. The van der Waals surface area contributed by atoms with E-state index in [0.29, 0.717) is 0 Å². The lowest BCUT2D eigenvalue weighted by Gasteiger charge is -2.13. The maximum absolute atomic E-state index is 6.30. The van der Waals surface area contributed by atoms with E-state index in [-0.39, 0.29) is 6.04 Å². The Morgan fingerprint density at radius 3 is 2.63 bits per heavy atom. The molecule has 102 valence electrons. The first-order valence-corrected chi connectivity index (χ1v) is 8.25. The van der Waals surface area contributed by atoms with Crippen LogP contribution in [0.15, 0.2) is 32.5 Å². The van der Waals surface area contributed by atoms with Crippen LogP contribution in [-0.2, 0) is 6.42 Å². The van der Waals surface area contributed by atoms with Crippen LogP contribution in [0.2, 0.25) is 0 Å². The minimum Gasteiger partial charge on any atom is -0.496 e. The van der Waals surface area contributed by atoms with E-state index >= 15 is 0 Å². The van der Waals surface area contributed by atoms with Crippen LogP contribution in [0.3, 0.4) is 0 Å². The lowest BCUT2D eigenvalue weighted by Crippen LogP contribution is -2.12. The van der Waals surface area contributed by atoms with Crippen LogP contribution < -0.4 is 10.5 Å². The van der Waals surface area contributed by atoms with Gasteiger partial charge in [0.2, 0.25) is 0 Å². The standard InChI is InChI=1S/C14H15Br2NOS/c1-8-5-13(19-14(8)16)11(17)7-9-6-10(15)3-4-12(9)18-2/h3-6,11H,7,17H2,1-2H3. The summed E-state index contributed by atoms with van der Waals surface area (Å²) in [5.74, 6) is 0.881. The van der Waals surface area contributed by atoms with Crippen molar-refractivity contribution in [3.8, 4) is 5.75 Å². The second-order valence-electron chi connectivity index (χ2n) is 4.37. The van der Waals surface area contributed by atoms with Gasteiger partial charge in [0.25, 0.3) is 0 Å². The second kappa shape index (κ2) is 6.39. The number of ether oxygens (including phenoxy) is 1. The molecule has 1 atom stereocenters. The molecule has 0 fully saturated rings. The summed E-state index contributed by atoms with van der Waals surface area (Å²) in [5.41, 5.74) is 8.65. The highest BCUT2D eigenvalue weighted by atomic mass is 79.9. The zero-order valence-electron chi connectivity index (χ0n) is 10.7. The van der Waals surface area contributed by atoms with Gasteiger partial charge < -0.3 is 10.5 Å². The quantitative estimate of drug-likeness (QED) is 0.791. The summed E-state index contributed by atoms with van der Waals surface area (Å²) < 4.78 is 7.58. The van der Waals surface area contributed by atoms with Gasteiger partial charge in [-0.15, -0.1) is 11.3 Å². The van der Waals surface area contributed by atoms with Gasteiger partial charge in [-0.1, -0.05) is 15.9 Å². The van der Waals surface area contributed by atoms with Gasteiger partial charge in [0.15, 0.2) is 0 Å². The predicted molar refractivity (Wildman–Crippen MR) is 88.1 cm³/mol. The molecule has 2 aromatic rings. The molecule has 0 spiro atoms. The van der Waals surface area contributed by atoms with Crippen LogP contribution in [0.25, 0.3) is 0 Å². The Balaban J connectivity index is 2.23. The second-order valence-corrected chi connectivity index (χ2v) is 7.69. The van der Waals surface area contributed by atoms with Crippen molar-refractivity contribution in [3.63, 3.8) is 0 Å². The molecule has 2 nitrogen and oxygen atoms in total.